The molecule has 1 aromatic carbocycles. The number of aliphatic imine (C=N–C) groups is 1. The molecule has 3 heteroatoms. The SMILES string of the molecule is C(=N\CCC1CCN(c2cccnc2)CC1)/C1C[C@H]1c1ccccc1. The number of hydrogen-bond acceptors (Lipinski definition) is 3. The molecular weight excluding hydrogens is 306 g/mol. The lowest BCUT2D eigenvalue weighted by Gasteiger charge is -2.33. The van der Waals surface area contributed by atoms with Crippen molar-refractivity contribution in [2.45, 2.75) is 31.6 Å². The highest BCUT2D eigenvalue weighted by Gasteiger charge is 2.36. The minimum atomic E-state index is 0.676. The molecule has 1 aliphatic carbocycles. The minimum absolute atomic E-state index is 0.676. The lowest BCUT2D eigenvalue weighted by atomic mass is 9.93. The molecule has 4 rings (SSSR count). The minimum Gasteiger partial charge on any atom is -0.370 e. The summed E-state index contributed by atoms with van der Waals surface area (Å²) in [5.74, 6) is 2.22. The standard InChI is InChI=1S/C22H27N3/c1-2-5-19(6-3-1)22-15-20(22)16-24-12-8-18-9-13-25(14-10-18)21-7-4-11-23-17-21/h1-7,11,16-18,20,22H,8-10,12-15H2/b24-16+/t20?,22-/m0/s1. The summed E-state index contributed by atoms with van der Waals surface area (Å²) in [6, 6.07) is 15.0. The molecule has 1 aliphatic heterocycles. The average molecular weight is 333 g/mol. The van der Waals surface area contributed by atoms with E-state index in [0.29, 0.717) is 11.8 Å². The number of rotatable bonds is 6. The fourth-order valence-electron chi connectivity index (χ4n) is 3.95. The summed E-state index contributed by atoms with van der Waals surface area (Å²) in [6.45, 7) is 3.30. The van der Waals surface area contributed by atoms with Crippen molar-refractivity contribution in [3.8, 4) is 0 Å². The van der Waals surface area contributed by atoms with Crippen molar-refractivity contribution >= 4 is 11.9 Å². The zero-order valence-electron chi connectivity index (χ0n) is 14.8. The van der Waals surface area contributed by atoms with Crippen LogP contribution in [0.2, 0.25) is 0 Å². The van der Waals surface area contributed by atoms with Gasteiger partial charge in [0.05, 0.1) is 11.9 Å². The maximum Gasteiger partial charge on any atom is 0.0552 e. The van der Waals surface area contributed by atoms with Crippen molar-refractivity contribution in [3.05, 3.63) is 60.4 Å². The largest absolute Gasteiger partial charge is 0.370 e. The highest BCUT2D eigenvalue weighted by molar-refractivity contribution is 5.67. The van der Waals surface area contributed by atoms with Crippen LogP contribution in [0.15, 0.2) is 59.9 Å². The number of hydrogen-bond donors (Lipinski definition) is 0. The zero-order valence-corrected chi connectivity index (χ0v) is 14.8. The van der Waals surface area contributed by atoms with Crippen molar-refractivity contribution < 1.29 is 0 Å². The zero-order chi connectivity index (χ0) is 16.9. The quantitative estimate of drug-likeness (QED) is 0.725. The number of piperidine rings is 1. The lowest BCUT2D eigenvalue weighted by Crippen LogP contribution is -2.33. The number of aromatic nitrogens is 1. The third kappa shape index (κ3) is 4.28. The van der Waals surface area contributed by atoms with E-state index in [2.05, 4.69) is 52.5 Å². The second-order valence-electron chi connectivity index (χ2n) is 7.40. The van der Waals surface area contributed by atoms with E-state index in [-0.39, 0.29) is 0 Å². The maximum atomic E-state index is 4.73. The van der Waals surface area contributed by atoms with Gasteiger partial charge >= 0.3 is 0 Å². The fraction of sp³-hybridized carbons (Fsp3) is 0.455. The van der Waals surface area contributed by atoms with Crippen LogP contribution in [0.3, 0.4) is 0 Å². The number of benzene rings is 1. The van der Waals surface area contributed by atoms with Crippen molar-refractivity contribution in [1.29, 1.82) is 0 Å². The van der Waals surface area contributed by atoms with Crippen LogP contribution in [0.1, 0.15) is 37.2 Å². The first-order chi connectivity index (χ1) is 12.4. The molecule has 1 saturated heterocycles. The first-order valence-electron chi connectivity index (χ1n) is 9.60. The summed E-state index contributed by atoms with van der Waals surface area (Å²) in [4.78, 5) is 11.4. The molecule has 3 nitrogen and oxygen atoms in total. The fourth-order valence-corrected chi connectivity index (χ4v) is 3.95. The van der Waals surface area contributed by atoms with Crippen LogP contribution in [-0.4, -0.2) is 30.8 Å². The van der Waals surface area contributed by atoms with E-state index in [4.69, 9.17) is 4.99 Å². The monoisotopic (exact) mass is 333 g/mol. The van der Waals surface area contributed by atoms with Crippen LogP contribution in [0.5, 0.6) is 0 Å². The van der Waals surface area contributed by atoms with Gasteiger partial charge in [-0.15, -0.1) is 0 Å². The van der Waals surface area contributed by atoms with Gasteiger partial charge in [-0.25, -0.2) is 0 Å². The number of anilines is 1. The van der Waals surface area contributed by atoms with E-state index in [9.17, 15) is 0 Å². The molecule has 2 fully saturated rings. The Hall–Kier alpha value is -2.16. The Morgan fingerprint density at radius 3 is 2.68 bits per heavy atom. The predicted octanol–water partition coefficient (Wildman–Crippen LogP) is 4.56. The summed E-state index contributed by atoms with van der Waals surface area (Å²) < 4.78 is 0. The van der Waals surface area contributed by atoms with E-state index < -0.39 is 0 Å². The van der Waals surface area contributed by atoms with E-state index in [0.717, 1.165) is 25.6 Å². The Morgan fingerprint density at radius 2 is 1.92 bits per heavy atom. The molecule has 0 radical (unpaired) electrons. The van der Waals surface area contributed by atoms with Gasteiger partial charge in [-0.2, -0.15) is 0 Å². The third-order valence-corrected chi connectivity index (χ3v) is 5.66. The van der Waals surface area contributed by atoms with Gasteiger partial charge in [-0.3, -0.25) is 9.98 Å². The second kappa shape index (κ2) is 7.81. The van der Waals surface area contributed by atoms with Crippen molar-refractivity contribution in [2.75, 3.05) is 24.5 Å². The van der Waals surface area contributed by atoms with E-state index >= 15 is 0 Å². The third-order valence-electron chi connectivity index (χ3n) is 5.66. The van der Waals surface area contributed by atoms with Gasteiger partial charge in [-0.05, 0) is 55.2 Å². The van der Waals surface area contributed by atoms with Crippen LogP contribution < -0.4 is 4.90 Å². The number of pyridine rings is 1. The Balaban J connectivity index is 1.16. The van der Waals surface area contributed by atoms with Gasteiger partial charge in [0.25, 0.3) is 0 Å². The molecule has 0 amide bonds. The first-order valence-corrected chi connectivity index (χ1v) is 9.60. The van der Waals surface area contributed by atoms with Gasteiger partial charge in [-0.1, -0.05) is 30.3 Å². The Morgan fingerprint density at radius 1 is 1.08 bits per heavy atom. The number of nitrogens with zero attached hydrogens (tertiary/aromatic N) is 3. The lowest BCUT2D eigenvalue weighted by molar-refractivity contribution is 0.386. The molecule has 2 aliphatic rings. The molecule has 2 heterocycles. The van der Waals surface area contributed by atoms with Crippen molar-refractivity contribution in [1.82, 2.24) is 4.98 Å². The molecule has 130 valence electrons. The van der Waals surface area contributed by atoms with E-state index in [1.54, 1.807) is 0 Å². The predicted molar refractivity (Wildman–Crippen MR) is 104 cm³/mol. The summed E-state index contributed by atoms with van der Waals surface area (Å²) in [5, 5.41) is 0. The van der Waals surface area contributed by atoms with Crippen molar-refractivity contribution in [2.24, 2.45) is 16.8 Å². The first kappa shape index (κ1) is 16.3. The normalized spacial score (nSPS) is 23.9. The molecule has 1 aromatic heterocycles. The highest BCUT2D eigenvalue weighted by Crippen LogP contribution is 2.46. The van der Waals surface area contributed by atoms with Crippen LogP contribution in [0, 0.1) is 11.8 Å². The molecule has 0 N–H and O–H groups in total. The van der Waals surface area contributed by atoms with Gasteiger partial charge in [0.2, 0.25) is 0 Å². The van der Waals surface area contributed by atoms with Gasteiger partial charge in [0.1, 0.15) is 0 Å². The van der Waals surface area contributed by atoms with Gasteiger partial charge in [0.15, 0.2) is 0 Å². The van der Waals surface area contributed by atoms with E-state index in [1.807, 2.05) is 18.5 Å². The maximum absolute atomic E-state index is 4.73. The summed E-state index contributed by atoms with van der Waals surface area (Å²) in [6.07, 6.45) is 11.1. The average Bonchev–Trinajstić information content (AvgIpc) is 3.47. The smallest absolute Gasteiger partial charge is 0.0552 e. The molecular formula is C22H27N3. The van der Waals surface area contributed by atoms with Gasteiger partial charge in [0, 0.05) is 38.0 Å². The molecule has 25 heavy (non-hydrogen) atoms. The Kier molecular flexibility index (Phi) is 5.10. The Labute approximate surface area is 150 Å². The molecule has 1 unspecified atom stereocenters. The van der Waals surface area contributed by atoms with Gasteiger partial charge < -0.3 is 4.90 Å². The molecule has 1 saturated carbocycles. The summed E-state index contributed by atoms with van der Waals surface area (Å²) >= 11 is 0. The summed E-state index contributed by atoms with van der Waals surface area (Å²) in [7, 11) is 0. The summed E-state index contributed by atoms with van der Waals surface area (Å²) in [5.41, 5.74) is 2.74. The second-order valence-corrected chi connectivity index (χ2v) is 7.40. The molecule has 2 aromatic rings. The van der Waals surface area contributed by atoms with Crippen molar-refractivity contribution in [3.63, 3.8) is 0 Å². The van der Waals surface area contributed by atoms with Crippen LogP contribution in [-0.2, 0) is 0 Å². The van der Waals surface area contributed by atoms with Crippen LogP contribution in [0.4, 0.5) is 5.69 Å². The molecule has 2 atom stereocenters. The van der Waals surface area contributed by atoms with Crippen LogP contribution in [0.25, 0.3) is 0 Å². The Bertz CT molecular complexity index is 675. The molecule has 0 bridgehead atoms. The topological polar surface area (TPSA) is 28.5 Å². The van der Waals surface area contributed by atoms with E-state index in [1.165, 1.54) is 36.9 Å². The molecule has 0 spiro atoms. The van der Waals surface area contributed by atoms with Crippen LogP contribution >= 0.6 is 0 Å². The highest BCUT2D eigenvalue weighted by atomic mass is 15.1.